The second kappa shape index (κ2) is 18.2. The van der Waals surface area contributed by atoms with E-state index in [2.05, 4.69) is 71.1 Å². The van der Waals surface area contributed by atoms with E-state index in [-0.39, 0.29) is 36.7 Å². The highest BCUT2D eigenvalue weighted by atomic mass is 28.4. The molecule has 1 aliphatic rings. The van der Waals surface area contributed by atoms with Crippen LogP contribution in [0.25, 0.3) is 0 Å². The van der Waals surface area contributed by atoms with Crippen LogP contribution >= 0.6 is 0 Å². The average Bonchev–Trinajstić information content (AvgIpc) is 2.86. The number of carbonyl (C=O) groups excluding carboxylic acids is 3. The van der Waals surface area contributed by atoms with Crippen molar-refractivity contribution in [3.05, 3.63) is 12.2 Å². The molecule has 12 heteroatoms. The first kappa shape index (κ1) is 39.1. The van der Waals surface area contributed by atoms with Gasteiger partial charge >= 0.3 is 18.2 Å². The van der Waals surface area contributed by atoms with E-state index in [1.165, 1.54) is 18.9 Å². The van der Waals surface area contributed by atoms with Gasteiger partial charge in [-0.3, -0.25) is 0 Å². The topological polar surface area (TPSA) is 121 Å². The van der Waals surface area contributed by atoms with Crippen molar-refractivity contribution in [2.24, 2.45) is 10.8 Å². The number of hydrogen-bond acceptors (Lipinski definition) is 8. The molecule has 1 rings (SSSR count). The third kappa shape index (κ3) is 17.9. The summed E-state index contributed by atoms with van der Waals surface area (Å²) in [5, 5.41) is 5.83. The summed E-state index contributed by atoms with van der Waals surface area (Å²) >= 11 is 0. The predicted octanol–water partition coefficient (Wildman–Crippen LogP) is 6.78. The molecule has 1 saturated carbocycles. The predicted molar refractivity (Wildman–Crippen MR) is 175 cm³/mol. The van der Waals surface area contributed by atoms with E-state index in [1.54, 1.807) is 6.92 Å². The van der Waals surface area contributed by atoms with E-state index < -0.39 is 34.8 Å². The molecule has 43 heavy (non-hydrogen) atoms. The monoisotopic (exact) mass is 644 g/mol. The van der Waals surface area contributed by atoms with Crippen LogP contribution in [-0.4, -0.2) is 80.4 Å². The number of esters is 1. The quantitative estimate of drug-likeness (QED) is 0.0519. The average molecular weight is 645 g/mol. The zero-order valence-corrected chi connectivity index (χ0v) is 30.4. The van der Waals surface area contributed by atoms with Crippen LogP contribution in [-0.2, 0) is 27.9 Å². The molecule has 1 aliphatic carbocycles. The first-order valence-electron chi connectivity index (χ1n) is 15.8. The van der Waals surface area contributed by atoms with Crippen molar-refractivity contribution in [2.45, 2.75) is 117 Å². The van der Waals surface area contributed by atoms with Gasteiger partial charge in [-0.1, -0.05) is 47.1 Å². The van der Waals surface area contributed by atoms with Crippen molar-refractivity contribution in [1.29, 1.82) is 0 Å². The molecule has 10 nitrogen and oxygen atoms in total. The van der Waals surface area contributed by atoms with E-state index >= 15 is 0 Å². The molecule has 2 atom stereocenters. The van der Waals surface area contributed by atoms with Crippen LogP contribution in [0.3, 0.4) is 0 Å². The highest BCUT2D eigenvalue weighted by molar-refractivity contribution is 6.84. The summed E-state index contributed by atoms with van der Waals surface area (Å²) in [5.74, 6) is -0.516. The molecule has 0 aliphatic heterocycles. The van der Waals surface area contributed by atoms with Crippen molar-refractivity contribution < 1.29 is 37.4 Å². The van der Waals surface area contributed by atoms with Crippen molar-refractivity contribution in [3.63, 3.8) is 0 Å². The zero-order chi connectivity index (χ0) is 32.7. The summed E-state index contributed by atoms with van der Waals surface area (Å²) in [5.41, 5.74) is 0.00999. The number of nitrogens with one attached hydrogen (secondary N) is 2. The van der Waals surface area contributed by atoms with Gasteiger partial charge in [-0.25, -0.2) is 14.4 Å². The zero-order valence-electron chi connectivity index (χ0n) is 28.4. The molecule has 2 unspecified atom stereocenters. The third-order valence-corrected chi connectivity index (χ3v) is 15.1. The van der Waals surface area contributed by atoms with Crippen LogP contribution in [0.5, 0.6) is 0 Å². The summed E-state index contributed by atoms with van der Waals surface area (Å²) in [6.07, 6.45) is 4.73. The van der Waals surface area contributed by atoms with Crippen molar-refractivity contribution >= 4 is 34.8 Å². The molecule has 0 heterocycles. The van der Waals surface area contributed by atoms with E-state index in [0.717, 1.165) is 25.3 Å². The molecule has 0 radical (unpaired) electrons. The standard InChI is InChI=1S/C31H60N2O8Si2/c1-11-12-19-42(7,8)41-43(9,10)20-13-14-37-15-16-39-28(35)32-24-31(6)22-26(21-30(4,5)23-31)33-29(36)40-18-17-38-27(34)25(2)3/h26H,2,11-24H2,1,3-10H3,(H,32,35)(H,33,36). The smallest absolute Gasteiger partial charge is 0.407 e. The molecule has 250 valence electrons. The summed E-state index contributed by atoms with van der Waals surface area (Å²) in [6, 6.07) is 2.16. The maximum Gasteiger partial charge on any atom is 0.407 e. The Kier molecular flexibility index (Phi) is 16.5. The number of ether oxygens (including phenoxy) is 4. The number of alkyl carbamates (subject to hydrolysis) is 2. The molecular formula is C31H60N2O8Si2. The molecule has 0 bridgehead atoms. The summed E-state index contributed by atoms with van der Waals surface area (Å²) in [7, 11) is -3.31. The molecule has 0 spiro atoms. The lowest BCUT2D eigenvalue weighted by atomic mass is 9.62. The Morgan fingerprint density at radius 1 is 0.837 bits per heavy atom. The Hall–Kier alpha value is -1.90. The Morgan fingerprint density at radius 3 is 2.05 bits per heavy atom. The molecule has 2 amide bonds. The van der Waals surface area contributed by atoms with E-state index in [1.807, 2.05) is 0 Å². The van der Waals surface area contributed by atoms with Crippen LogP contribution in [0.1, 0.15) is 73.1 Å². The Labute approximate surface area is 262 Å². The lowest BCUT2D eigenvalue weighted by molar-refractivity contribution is -0.139. The van der Waals surface area contributed by atoms with Gasteiger partial charge in [-0.15, -0.1) is 0 Å². The second-order valence-electron chi connectivity index (χ2n) is 14.4. The lowest BCUT2D eigenvalue weighted by Crippen LogP contribution is -2.50. The Bertz CT molecular complexity index is 912. The number of hydrogen-bond donors (Lipinski definition) is 2. The fourth-order valence-corrected chi connectivity index (χ4v) is 15.2. The SMILES string of the molecule is C=C(C)C(=O)OCCOC(=O)NC1CC(C)(C)CC(C)(CNC(=O)OCCOCCC[Si](C)(C)O[Si](C)(C)CCCC)C1. The number of rotatable bonds is 19. The van der Waals surface area contributed by atoms with Crippen LogP contribution in [0.4, 0.5) is 9.59 Å². The first-order valence-corrected chi connectivity index (χ1v) is 22.1. The van der Waals surface area contributed by atoms with Gasteiger partial charge in [0.1, 0.15) is 19.8 Å². The molecule has 0 aromatic rings. The van der Waals surface area contributed by atoms with Gasteiger partial charge < -0.3 is 33.7 Å². The summed E-state index contributed by atoms with van der Waals surface area (Å²) in [6.45, 7) is 24.5. The molecular weight excluding hydrogens is 585 g/mol. The highest BCUT2D eigenvalue weighted by Gasteiger charge is 2.42. The molecule has 0 saturated heterocycles. The molecule has 0 aromatic heterocycles. The van der Waals surface area contributed by atoms with Crippen LogP contribution in [0, 0.1) is 10.8 Å². The van der Waals surface area contributed by atoms with E-state index in [9.17, 15) is 14.4 Å². The highest BCUT2D eigenvalue weighted by Crippen LogP contribution is 2.45. The van der Waals surface area contributed by atoms with Crippen molar-refractivity contribution in [2.75, 3.05) is 39.6 Å². The maximum absolute atomic E-state index is 12.4. The minimum Gasteiger partial charge on any atom is -0.459 e. The molecule has 1 fully saturated rings. The number of unbranched alkanes of at least 4 members (excludes halogenated alkanes) is 1. The van der Waals surface area contributed by atoms with Crippen molar-refractivity contribution in [1.82, 2.24) is 10.6 Å². The van der Waals surface area contributed by atoms with Gasteiger partial charge in [0, 0.05) is 24.8 Å². The lowest BCUT2D eigenvalue weighted by Gasteiger charge is -2.46. The largest absolute Gasteiger partial charge is 0.459 e. The Morgan fingerprint density at radius 2 is 1.42 bits per heavy atom. The van der Waals surface area contributed by atoms with Gasteiger partial charge in [-0.2, -0.15) is 0 Å². The normalized spacial score (nSPS) is 20.2. The summed E-state index contributed by atoms with van der Waals surface area (Å²) in [4.78, 5) is 36.2. The van der Waals surface area contributed by atoms with Gasteiger partial charge in [0.2, 0.25) is 0 Å². The number of carbonyl (C=O) groups is 3. The number of amides is 2. The minimum absolute atomic E-state index is 0.0301. The minimum atomic E-state index is -1.71. The van der Waals surface area contributed by atoms with Crippen LogP contribution in [0.15, 0.2) is 12.2 Å². The van der Waals surface area contributed by atoms with Crippen LogP contribution < -0.4 is 10.6 Å². The van der Waals surface area contributed by atoms with E-state index in [0.29, 0.717) is 31.8 Å². The first-order chi connectivity index (χ1) is 19.9. The third-order valence-electron chi connectivity index (χ3n) is 7.54. The Balaban J connectivity index is 2.33. The van der Waals surface area contributed by atoms with Gasteiger partial charge in [-0.05, 0) is 81.7 Å². The van der Waals surface area contributed by atoms with Gasteiger partial charge in [0.25, 0.3) is 0 Å². The molecule has 0 aromatic carbocycles. The maximum atomic E-state index is 12.4. The van der Waals surface area contributed by atoms with Gasteiger partial charge in [0.05, 0.1) is 6.61 Å². The second-order valence-corrected chi connectivity index (χ2v) is 23.2. The molecule has 2 N–H and O–H groups in total. The summed E-state index contributed by atoms with van der Waals surface area (Å²) < 4.78 is 27.8. The van der Waals surface area contributed by atoms with Gasteiger partial charge in [0.15, 0.2) is 16.6 Å². The van der Waals surface area contributed by atoms with Crippen molar-refractivity contribution in [3.8, 4) is 0 Å². The fourth-order valence-electron chi connectivity index (χ4n) is 6.16. The fraction of sp³-hybridized carbons (Fsp3) is 0.839. The van der Waals surface area contributed by atoms with E-state index in [4.69, 9.17) is 23.1 Å². The van der Waals surface area contributed by atoms with Crippen LogP contribution in [0.2, 0.25) is 38.3 Å².